The van der Waals surface area contributed by atoms with Crippen LogP contribution in [0.3, 0.4) is 0 Å². The van der Waals surface area contributed by atoms with Crippen molar-refractivity contribution in [2.24, 2.45) is 0 Å². The average Bonchev–Trinajstić information content (AvgIpc) is 3.31. The van der Waals surface area contributed by atoms with Crippen LogP contribution < -0.4 is 9.64 Å². The molecule has 6 nitrogen and oxygen atoms in total. The van der Waals surface area contributed by atoms with Gasteiger partial charge in [0.2, 0.25) is 5.13 Å². The fraction of sp³-hybridized carbons (Fsp3) is 0.423. The third-order valence-corrected chi connectivity index (χ3v) is 6.95. The number of unbranched alkanes of at least 4 members (excludes halogenated alkanes) is 1. The van der Waals surface area contributed by atoms with Gasteiger partial charge in [-0.25, -0.2) is 4.98 Å². The standard InChI is InChI=1S/C26H32N4O2S/c1-4-5-7-20-10-12-22(13-11-20)25(31)30-15-14-29(18-19(30)2)26-27-24(28-33-26)17-21-8-6-9-23(16-21)32-3/h6,8-13,16,19H,4-5,7,14-15,17-18H2,1-3H3. The molecule has 1 amide bonds. The zero-order valence-electron chi connectivity index (χ0n) is 19.7. The molecule has 1 fully saturated rings. The molecule has 1 aromatic heterocycles. The van der Waals surface area contributed by atoms with Crippen LogP contribution in [0.2, 0.25) is 0 Å². The van der Waals surface area contributed by atoms with Gasteiger partial charge in [-0.05, 0) is 55.2 Å². The highest BCUT2D eigenvalue weighted by Gasteiger charge is 2.29. The molecule has 0 aliphatic carbocycles. The number of anilines is 1. The molecule has 0 radical (unpaired) electrons. The van der Waals surface area contributed by atoms with Gasteiger partial charge < -0.3 is 14.5 Å². The van der Waals surface area contributed by atoms with Crippen LogP contribution in [0.25, 0.3) is 0 Å². The number of benzene rings is 2. The van der Waals surface area contributed by atoms with Gasteiger partial charge in [0.15, 0.2) is 0 Å². The molecule has 1 aliphatic rings. The summed E-state index contributed by atoms with van der Waals surface area (Å²) in [5.74, 6) is 1.77. The Hall–Kier alpha value is -2.93. The number of carbonyl (C=O) groups excluding carboxylic acids is 1. The molecule has 2 heterocycles. The number of amides is 1. The van der Waals surface area contributed by atoms with Gasteiger partial charge in [-0.3, -0.25) is 4.79 Å². The largest absolute Gasteiger partial charge is 0.497 e. The summed E-state index contributed by atoms with van der Waals surface area (Å²) in [5, 5.41) is 0.923. The third-order valence-electron chi connectivity index (χ3n) is 6.13. The minimum absolute atomic E-state index is 0.108. The fourth-order valence-corrected chi connectivity index (χ4v) is 4.92. The zero-order valence-corrected chi connectivity index (χ0v) is 20.5. The van der Waals surface area contributed by atoms with Crippen LogP contribution in [-0.2, 0) is 12.8 Å². The molecule has 1 unspecified atom stereocenters. The summed E-state index contributed by atoms with van der Waals surface area (Å²) in [6.45, 7) is 6.51. The minimum atomic E-state index is 0.108. The summed E-state index contributed by atoms with van der Waals surface area (Å²) in [6, 6.07) is 16.2. The van der Waals surface area contributed by atoms with Crippen molar-refractivity contribution in [3.63, 3.8) is 0 Å². The van der Waals surface area contributed by atoms with Crippen LogP contribution in [0.15, 0.2) is 48.5 Å². The molecule has 7 heteroatoms. The van der Waals surface area contributed by atoms with Crippen LogP contribution in [-0.4, -0.2) is 53.0 Å². The van der Waals surface area contributed by atoms with Gasteiger partial charge in [0.05, 0.1) is 7.11 Å². The Morgan fingerprint density at radius 3 is 2.70 bits per heavy atom. The van der Waals surface area contributed by atoms with Crippen LogP contribution in [0.4, 0.5) is 5.13 Å². The Morgan fingerprint density at radius 1 is 1.15 bits per heavy atom. The topological polar surface area (TPSA) is 58.6 Å². The number of aryl methyl sites for hydroxylation is 1. The lowest BCUT2D eigenvalue weighted by atomic mass is 10.0. The molecule has 1 aliphatic heterocycles. The lowest BCUT2D eigenvalue weighted by Gasteiger charge is -2.39. The normalized spacial score (nSPS) is 16.2. The highest BCUT2D eigenvalue weighted by molar-refractivity contribution is 7.09. The lowest BCUT2D eigenvalue weighted by Crippen LogP contribution is -2.54. The van der Waals surface area contributed by atoms with Gasteiger partial charge in [-0.2, -0.15) is 4.37 Å². The third kappa shape index (κ3) is 5.71. The molecular formula is C26H32N4O2S. The Balaban J connectivity index is 1.35. The SMILES string of the molecule is CCCCc1ccc(C(=O)N2CCN(c3nc(Cc4cccc(OC)c4)ns3)CC2C)cc1. The molecular weight excluding hydrogens is 432 g/mol. The zero-order chi connectivity index (χ0) is 23.2. The molecule has 33 heavy (non-hydrogen) atoms. The van der Waals surface area contributed by atoms with Crippen LogP contribution >= 0.6 is 11.5 Å². The van der Waals surface area contributed by atoms with Crippen molar-refractivity contribution in [3.8, 4) is 5.75 Å². The summed E-state index contributed by atoms with van der Waals surface area (Å²) in [6.07, 6.45) is 4.11. The first-order valence-electron chi connectivity index (χ1n) is 11.7. The Morgan fingerprint density at radius 2 is 1.97 bits per heavy atom. The van der Waals surface area contributed by atoms with Crippen LogP contribution in [0.5, 0.6) is 5.75 Å². The number of piperazine rings is 1. The smallest absolute Gasteiger partial charge is 0.254 e. The molecule has 1 saturated heterocycles. The molecule has 0 N–H and O–H groups in total. The van der Waals surface area contributed by atoms with Crippen molar-refractivity contribution in [2.75, 3.05) is 31.6 Å². The van der Waals surface area contributed by atoms with E-state index < -0.39 is 0 Å². The van der Waals surface area contributed by atoms with Crippen molar-refractivity contribution in [2.45, 2.75) is 45.6 Å². The van der Waals surface area contributed by atoms with Crippen molar-refractivity contribution >= 4 is 22.6 Å². The number of ether oxygens (including phenoxy) is 1. The second kappa shape index (κ2) is 10.8. The second-order valence-corrected chi connectivity index (χ2v) is 9.35. The molecule has 174 valence electrons. The Bertz CT molecular complexity index is 1070. The minimum Gasteiger partial charge on any atom is -0.497 e. The van der Waals surface area contributed by atoms with E-state index in [9.17, 15) is 4.79 Å². The molecule has 1 atom stereocenters. The monoisotopic (exact) mass is 464 g/mol. The summed E-state index contributed by atoms with van der Waals surface area (Å²) >= 11 is 1.43. The second-order valence-electron chi connectivity index (χ2n) is 8.62. The first-order valence-corrected chi connectivity index (χ1v) is 12.4. The van der Waals surface area contributed by atoms with Gasteiger partial charge >= 0.3 is 0 Å². The molecule has 0 spiro atoms. The molecule has 2 aromatic carbocycles. The van der Waals surface area contributed by atoms with Crippen molar-refractivity contribution in [1.29, 1.82) is 0 Å². The predicted octanol–water partition coefficient (Wildman–Crippen LogP) is 4.83. The number of rotatable bonds is 8. The maximum absolute atomic E-state index is 13.1. The molecule has 0 bridgehead atoms. The molecule has 0 saturated carbocycles. The summed E-state index contributed by atoms with van der Waals surface area (Å²) in [7, 11) is 1.67. The number of hydrogen-bond donors (Lipinski definition) is 0. The summed E-state index contributed by atoms with van der Waals surface area (Å²) < 4.78 is 9.87. The molecule has 4 rings (SSSR count). The lowest BCUT2D eigenvalue weighted by molar-refractivity contribution is 0.0674. The number of methoxy groups -OCH3 is 1. The quantitative estimate of drug-likeness (QED) is 0.478. The van der Waals surface area contributed by atoms with E-state index >= 15 is 0 Å². The van der Waals surface area contributed by atoms with Crippen molar-refractivity contribution in [3.05, 3.63) is 71.0 Å². The summed E-state index contributed by atoms with van der Waals surface area (Å²) in [5.41, 5.74) is 3.20. The maximum Gasteiger partial charge on any atom is 0.254 e. The Kier molecular flexibility index (Phi) is 7.60. The predicted molar refractivity (Wildman–Crippen MR) is 133 cm³/mol. The summed E-state index contributed by atoms with van der Waals surface area (Å²) in [4.78, 5) is 22.1. The van der Waals surface area contributed by atoms with E-state index in [1.807, 2.05) is 35.2 Å². The highest BCUT2D eigenvalue weighted by Crippen LogP contribution is 2.24. The van der Waals surface area contributed by atoms with E-state index in [0.29, 0.717) is 13.0 Å². The van der Waals surface area contributed by atoms with Gasteiger partial charge in [-0.15, -0.1) is 0 Å². The number of nitrogens with zero attached hydrogens (tertiary/aromatic N) is 4. The fourth-order valence-electron chi connectivity index (χ4n) is 4.20. The highest BCUT2D eigenvalue weighted by atomic mass is 32.1. The van der Waals surface area contributed by atoms with Gasteiger partial charge in [0.1, 0.15) is 11.6 Å². The van der Waals surface area contributed by atoms with Crippen LogP contribution in [0.1, 0.15) is 54.0 Å². The van der Waals surface area contributed by atoms with E-state index in [1.165, 1.54) is 29.9 Å². The first-order chi connectivity index (χ1) is 16.1. The average molecular weight is 465 g/mol. The Labute approximate surface area is 200 Å². The number of hydrogen-bond acceptors (Lipinski definition) is 6. The van der Waals surface area contributed by atoms with E-state index in [-0.39, 0.29) is 11.9 Å². The number of carbonyl (C=O) groups is 1. The van der Waals surface area contributed by atoms with Gasteiger partial charge in [0, 0.05) is 49.2 Å². The number of aromatic nitrogens is 2. The van der Waals surface area contributed by atoms with Gasteiger partial charge in [0.25, 0.3) is 5.91 Å². The van der Waals surface area contributed by atoms with E-state index in [1.54, 1.807) is 7.11 Å². The van der Waals surface area contributed by atoms with Gasteiger partial charge in [-0.1, -0.05) is 37.6 Å². The maximum atomic E-state index is 13.1. The first kappa shape index (κ1) is 23.2. The van der Waals surface area contributed by atoms with E-state index in [2.05, 4.69) is 41.3 Å². The molecule has 3 aromatic rings. The van der Waals surface area contributed by atoms with Crippen molar-refractivity contribution in [1.82, 2.24) is 14.3 Å². The van der Waals surface area contributed by atoms with Crippen molar-refractivity contribution < 1.29 is 9.53 Å². The van der Waals surface area contributed by atoms with E-state index in [0.717, 1.165) is 47.3 Å². The van der Waals surface area contributed by atoms with E-state index in [4.69, 9.17) is 9.72 Å². The van der Waals surface area contributed by atoms with Crippen LogP contribution in [0, 0.1) is 0 Å².